The van der Waals surface area contributed by atoms with Gasteiger partial charge in [-0.3, -0.25) is 29.0 Å². The SMILES string of the molecule is CCCCCCCC/C=C\CC(O)CN(CCOC(=O)CC1NC(=O)C(CC(=O)OCCN(CC(O)C/C=C\CCCCCCCC)CC(O)C/C=C\CCCCCCCC)NC1=O)CC(O)C/C=C\CCCCCCCC. The van der Waals surface area contributed by atoms with Gasteiger partial charge in [-0.1, -0.05) is 205 Å². The fraction of sp³-hybridized carbons (Fsp3) is 0.812. The summed E-state index contributed by atoms with van der Waals surface area (Å²) in [4.78, 5) is 56.0. The number of rotatable bonds is 54. The molecule has 6 atom stereocenters. The Labute approximate surface area is 475 Å². The summed E-state index contributed by atoms with van der Waals surface area (Å²) >= 11 is 0. The van der Waals surface area contributed by atoms with Crippen LogP contribution in [-0.2, 0) is 28.7 Å². The highest BCUT2D eigenvalue weighted by Gasteiger charge is 2.36. The Kier molecular flexibility index (Phi) is 48.2. The van der Waals surface area contributed by atoms with Gasteiger partial charge in [0.05, 0.1) is 37.3 Å². The summed E-state index contributed by atoms with van der Waals surface area (Å²) in [6.07, 6.45) is 48.3. The van der Waals surface area contributed by atoms with Crippen LogP contribution in [0.4, 0.5) is 0 Å². The van der Waals surface area contributed by atoms with Crippen molar-refractivity contribution in [3.63, 3.8) is 0 Å². The molecule has 0 aliphatic carbocycles. The number of piperazine rings is 1. The molecule has 0 radical (unpaired) electrons. The molecule has 1 aliphatic heterocycles. The van der Waals surface area contributed by atoms with Crippen molar-refractivity contribution in [2.24, 2.45) is 0 Å². The number of nitrogens with one attached hydrogen (secondary N) is 2. The zero-order valence-corrected chi connectivity index (χ0v) is 49.9. The average molecular weight is 1100 g/mol. The topological polar surface area (TPSA) is 198 Å². The highest BCUT2D eigenvalue weighted by atomic mass is 16.5. The molecule has 2 amide bonds. The van der Waals surface area contributed by atoms with E-state index in [2.05, 4.69) is 62.6 Å². The second-order valence-corrected chi connectivity index (χ2v) is 22.2. The molecule has 1 heterocycles. The third-order valence-electron chi connectivity index (χ3n) is 14.4. The molecule has 6 unspecified atom stereocenters. The number of esters is 2. The van der Waals surface area contributed by atoms with Crippen molar-refractivity contribution in [2.45, 2.75) is 283 Å². The van der Waals surface area contributed by atoms with Gasteiger partial charge in [0, 0.05) is 39.3 Å². The number of nitrogens with zero attached hydrogens (tertiary/aromatic N) is 2. The number of aliphatic hydroxyl groups is 4. The van der Waals surface area contributed by atoms with E-state index >= 15 is 0 Å². The molecule has 14 heteroatoms. The zero-order valence-electron chi connectivity index (χ0n) is 49.9. The van der Waals surface area contributed by atoms with Gasteiger partial charge < -0.3 is 40.5 Å². The lowest BCUT2D eigenvalue weighted by Gasteiger charge is -2.29. The van der Waals surface area contributed by atoms with E-state index in [1.807, 2.05) is 34.1 Å². The first-order chi connectivity index (χ1) is 37.9. The number of unbranched alkanes of at least 4 members (excludes halogenated alkanes) is 24. The third kappa shape index (κ3) is 43.4. The minimum atomic E-state index is -1.19. The second-order valence-electron chi connectivity index (χ2n) is 22.2. The van der Waals surface area contributed by atoms with E-state index in [0.29, 0.717) is 25.7 Å². The first-order valence-corrected chi connectivity index (χ1v) is 31.6. The van der Waals surface area contributed by atoms with Crippen LogP contribution in [0.5, 0.6) is 0 Å². The molecule has 1 fully saturated rings. The number of allylic oxidation sites excluding steroid dienone is 4. The summed E-state index contributed by atoms with van der Waals surface area (Å²) in [5.74, 6) is -2.64. The predicted molar refractivity (Wildman–Crippen MR) is 319 cm³/mol. The van der Waals surface area contributed by atoms with Gasteiger partial charge in [0.1, 0.15) is 25.3 Å². The Hall–Kier alpha value is -3.40. The molecule has 1 aliphatic rings. The third-order valence-corrected chi connectivity index (χ3v) is 14.4. The fourth-order valence-corrected chi connectivity index (χ4v) is 9.65. The Morgan fingerprint density at radius 3 is 0.910 bits per heavy atom. The molecule has 78 heavy (non-hydrogen) atoms. The number of ether oxygens (including phenoxy) is 2. The summed E-state index contributed by atoms with van der Waals surface area (Å²) in [5.41, 5.74) is 0. The molecule has 0 saturated carbocycles. The molecule has 0 bridgehead atoms. The van der Waals surface area contributed by atoms with Gasteiger partial charge in [-0.25, -0.2) is 0 Å². The van der Waals surface area contributed by atoms with E-state index in [9.17, 15) is 39.6 Å². The quantitative estimate of drug-likeness (QED) is 0.0192. The van der Waals surface area contributed by atoms with Gasteiger partial charge >= 0.3 is 11.9 Å². The van der Waals surface area contributed by atoms with Crippen LogP contribution in [0, 0.1) is 0 Å². The fourth-order valence-electron chi connectivity index (χ4n) is 9.65. The Morgan fingerprint density at radius 2 is 0.654 bits per heavy atom. The first kappa shape index (κ1) is 72.6. The summed E-state index contributed by atoms with van der Waals surface area (Å²) in [6, 6.07) is -2.38. The lowest BCUT2D eigenvalue weighted by atomic mass is 10.1. The highest BCUT2D eigenvalue weighted by Crippen LogP contribution is 2.14. The highest BCUT2D eigenvalue weighted by molar-refractivity contribution is 6.00. The van der Waals surface area contributed by atoms with Crippen molar-refractivity contribution >= 4 is 23.8 Å². The second kappa shape index (κ2) is 51.7. The Morgan fingerprint density at radius 1 is 0.410 bits per heavy atom. The number of aliphatic hydroxyl groups excluding tert-OH is 4. The summed E-state index contributed by atoms with van der Waals surface area (Å²) < 4.78 is 11.0. The minimum Gasteiger partial charge on any atom is -0.464 e. The maximum atomic E-state index is 13.1. The lowest BCUT2D eigenvalue weighted by molar-refractivity contribution is -0.151. The molecule has 0 aromatic heterocycles. The summed E-state index contributed by atoms with van der Waals surface area (Å²) in [6.45, 7) is 10.4. The molecule has 1 rings (SSSR count). The van der Waals surface area contributed by atoms with E-state index in [1.54, 1.807) is 0 Å². The van der Waals surface area contributed by atoms with Crippen LogP contribution < -0.4 is 10.6 Å². The van der Waals surface area contributed by atoms with Crippen LogP contribution in [0.25, 0.3) is 0 Å². The minimum absolute atomic E-state index is 0.0428. The average Bonchev–Trinajstić information content (AvgIpc) is 3.40. The molecule has 0 spiro atoms. The van der Waals surface area contributed by atoms with Crippen LogP contribution in [0.3, 0.4) is 0 Å². The van der Waals surface area contributed by atoms with Crippen molar-refractivity contribution in [2.75, 3.05) is 52.5 Å². The van der Waals surface area contributed by atoms with E-state index in [-0.39, 0.29) is 52.5 Å². The van der Waals surface area contributed by atoms with Gasteiger partial charge in [-0.05, 0) is 77.0 Å². The Balaban J connectivity index is 2.71. The normalized spacial score (nSPS) is 16.7. The molecule has 6 N–H and O–H groups in total. The molecule has 0 aromatic carbocycles. The summed E-state index contributed by atoms with van der Waals surface area (Å²) in [5, 5.41) is 48.9. The van der Waals surface area contributed by atoms with Crippen LogP contribution >= 0.6 is 0 Å². The molecular formula is C64H116N4O10. The maximum Gasteiger partial charge on any atom is 0.308 e. The number of hydrogen-bond acceptors (Lipinski definition) is 12. The summed E-state index contributed by atoms with van der Waals surface area (Å²) in [7, 11) is 0. The molecule has 0 aromatic rings. The predicted octanol–water partition coefficient (Wildman–Crippen LogP) is 11.7. The number of hydrogen-bond donors (Lipinski definition) is 6. The molecular weight excluding hydrogens is 985 g/mol. The van der Waals surface area contributed by atoms with Gasteiger partial charge in [-0.2, -0.15) is 0 Å². The number of amides is 2. The van der Waals surface area contributed by atoms with Crippen LogP contribution in [0.2, 0.25) is 0 Å². The zero-order chi connectivity index (χ0) is 57.1. The monoisotopic (exact) mass is 1100 g/mol. The number of carbonyl (C=O) groups is 4. The smallest absolute Gasteiger partial charge is 0.308 e. The standard InChI is InChI=1S/C64H116N4O10/c1-5-9-13-17-21-25-29-33-37-41-55(69)51-67(52-56(70)42-38-34-30-26-22-18-14-10-6-2)45-47-77-61(73)49-59-63(75)66-60(64(76)65-59)50-62(74)78-48-46-68(53-57(71)43-39-35-31-27-23-19-15-11-7-3)54-58(72)44-40-36-32-28-24-20-16-12-8-4/h33-40,55-60,69-72H,5-32,41-54H2,1-4H3,(H,65,76)(H,66,75)/b37-33-,38-34-,39-35-,40-36-. The van der Waals surface area contributed by atoms with Crippen molar-refractivity contribution in [3.8, 4) is 0 Å². The van der Waals surface area contributed by atoms with E-state index in [0.717, 1.165) is 51.4 Å². The lowest BCUT2D eigenvalue weighted by Crippen LogP contribution is -2.62. The van der Waals surface area contributed by atoms with Crippen molar-refractivity contribution < 1.29 is 49.1 Å². The largest absolute Gasteiger partial charge is 0.464 e. The molecule has 452 valence electrons. The number of carbonyl (C=O) groups excluding carboxylic acids is 4. The van der Waals surface area contributed by atoms with Crippen LogP contribution in [0.15, 0.2) is 48.6 Å². The van der Waals surface area contributed by atoms with Gasteiger partial charge in [0.15, 0.2) is 0 Å². The maximum absolute atomic E-state index is 13.1. The van der Waals surface area contributed by atoms with Gasteiger partial charge in [0.2, 0.25) is 11.8 Å². The van der Waals surface area contributed by atoms with Crippen molar-refractivity contribution in [1.82, 2.24) is 20.4 Å². The Bertz CT molecular complexity index is 1400. The first-order valence-electron chi connectivity index (χ1n) is 31.6. The molecule has 14 nitrogen and oxygen atoms in total. The van der Waals surface area contributed by atoms with Crippen LogP contribution in [0.1, 0.15) is 246 Å². The molecule has 1 saturated heterocycles. The van der Waals surface area contributed by atoms with Crippen molar-refractivity contribution in [3.05, 3.63) is 48.6 Å². The van der Waals surface area contributed by atoms with Gasteiger partial charge in [0.25, 0.3) is 0 Å². The van der Waals surface area contributed by atoms with E-state index < -0.39 is 73.1 Å². The van der Waals surface area contributed by atoms with Gasteiger partial charge in [-0.15, -0.1) is 0 Å². The van der Waals surface area contributed by atoms with E-state index in [4.69, 9.17) is 9.47 Å². The van der Waals surface area contributed by atoms with E-state index in [1.165, 1.54) is 128 Å². The van der Waals surface area contributed by atoms with Crippen LogP contribution in [-0.4, -0.2) is 143 Å². The van der Waals surface area contributed by atoms with Crippen molar-refractivity contribution in [1.29, 1.82) is 0 Å².